The summed E-state index contributed by atoms with van der Waals surface area (Å²) >= 11 is 0. The highest BCUT2D eigenvalue weighted by molar-refractivity contribution is 5.76. The number of aromatic nitrogens is 1. The topological polar surface area (TPSA) is 94.4 Å². The molecule has 0 amide bonds. The van der Waals surface area contributed by atoms with Crippen LogP contribution in [0.5, 0.6) is 0 Å². The Morgan fingerprint density at radius 1 is 1.53 bits per heavy atom. The number of ether oxygens (including phenoxy) is 1. The summed E-state index contributed by atoms with van der Waals surface area (Å²) in [5, 5.41) is 13.6. The number of aryl methyl sites for hydroxylation is 1. The van der Waals surface area contributed by atoms with E-state index < -0.39 is 16.5 Å². The lowest BCUT2D eigenvalue weighted by Gasteiger charge is -2.19. The molecule has 7 nitrogen and oxygen atoms in total. The van der Waals surface area contributed by atoms with Crippen LogP contribution >= 0.6 is 0 Å². The molecule has 0 spiro atoms. The first-order chi connectivity index (χ1) is 8.70. The largest absolute Gasteiger partial charge is 0.459 e. The Hall–Kier alpha value is -2.18. The molecule has 0 fully saturated rings. The Kier molecular flexibility index (Phi) is 4.42. The number of carbonyl (C=O) groups is 1. The van der Waals surface area contributed by atoms with Crippen LogP contribution in [0.25, 0.3) is 0 Å². The van der Waals surface area contributed by atoms with Gasteiger partial charge in [-0.3, -0.25) is 14.9 Å². The molecule has 1 aromatic rings. The Labute approximate surface area is 111 Å². The van der Waals surface area contributed by atoms with Crippen molar-refractivity contribution in [2.24, 2.45) is 0 Å². The van der Waals surface area contributed by atoms with Crippen molar-refractivity contribution in [2.75, 3.05) is 11.9 Å². The molecule has 1 rings (SSSR count). The van der Waals surface area contributed by atoms with Gasteiger partial charge in [0.15, 0.2) is 0 Å². The van der Waals surface area contributed by atoms with Crippen molar-refractivity contribution < 1.29 is 14.5 Å². The van der Waals surface area contributed by atoms with Crippen molar-refractivity contribution in [1.82, 2.24) is 4.98 Å². The normalized spacial score (nSPS) is 10.9. The monoisotopic (exact) mass is 267 g/mol. The first kappa shape index (κ1) is 14.9. The molecule has 0 atom stereocenters. The maximum absolute atomic E-state index is 11.5. The van der Waals surface area contributed by atoms with E-state index in [1.807, 2.05) is 0 Å². The van der Waals surface area contributed by atoms with E-state index in [-0.39, 0.29) is 18.1 Å². The highest BCUT2D eigenvalue weighted by Crippen LogP contribution is 2.25. The maximum atomic E-state index is 11.5. The number of nitrogens with one attached hydrogen (secondary N) is 1. The number of nitro groups is 1. The second kappa shape index (κ2) is 5.64. The summed E-state index contributed by atoms with van der Waals surface area (Å²) in [6, 6.07) is 1.54. The summed E-state index contributed by atoms with van der Waals surface area (Å²) in [7, 11) is 0. The van der Waals surface area contributed by atoms with E-state index in [4.69, 9.17) is 4.74 Å². The molecule has 19 heavy (non-hydrogen) atoms. The van der Waals surface area contributed by atoms with E-state index in [0.717, 1.165) is 0 Å². The fraction of sp³-hybridized carbons (Fsp3) is 0.500. The first-order valence-corrected chi connectivity index (χ1v) is 5.76. The van der Waals surface area contributed by atoms with Gasteiger partial charge in [-0.1, -0.05) is 0 Å². The van der Waals surface area contributed by atoms with Gasteiger partial charge in [-0.2, -0.15) is 0 Å². The van der Waals surface area contributed by atoms with Gasteiger partial charge in [0, 0.05) is 11.8 Å². The molecule has 0 aromatic carbocycles. The van der Waals surface area contributed by atoms with Crippen LogP contribution in [-0.2, 0) is 9.53 Å². The summed E-state index contributed by atoms with van der Waals surface area (Å²) in [5.41, 5.74) is -0.247. The molecular weight excluding hydrogens is 250 g/mol. The molecular formula is C12H17N3O4. The van der Waals surface area contributed by atoms with Gasteiger partial charge < -0.3 is 10.1 Å². The van der Waals surface area contributed by atoms with Gasteiger partial charge in [-0.05, 0) is 33.8 Å². The zero-order valence-corrected chi connectivity index (χ0v) is 11.4. The van der Waals surface area contributed by atoms with E-state index >= 15 is 0 Å². The van der Waals surface area contributed by atoms with Crippen LogP contribution in [0.15, 0.2) is 12.3 Å². The van der Waals surface area contributed by atoms with E-state index in [9.17, 15) is 14.9 Å². The van der Waals surface area contributed by atoms with Crippen molar-refractivity contribution in [3.05, 3.63) is 27.9 Å². The maximum Gasteiger partial charge on any atom is 0.325 e. The summed E-state index contributed by atoms with van der Waals surface area (Å²) in [5.74, 6) is -0.430. The van der Waals surface area contributed by atoms with Crippen LogP contribution in [-0.4, -0.2) is 28.0 Å². The number of carbonyl (C=O) groups excluding carboxylic acids is 1. The molecule has 1 N–H and O–H groups in total. The lowest BCUT2D eigenvalue weighted by Crippen LogP contribution is -2.28. The average Bonchev–Trinajstić information content (AvgIpc) is 2.23. The smallest absolute Gasteiger partial charge is 0.325 e. The van der Waals surface area contributed by atoms with Crippen molar-refractivity contribution >= 4 is 17.5 Å². The third kappa shape index (κ3) is 4.53. The molecule has 1 aromatic heterocycles. The number of esters is 1. The van der Waals surface area contributed by atoms with Crippen LogP contribution in [0.2, 0.25) is 0 Å². The van der Waals surface area contributed by atoms with Crippen molar-refractivity contribution in [3.8, 4) is 0 Å². The minimum absolute atomic E-state index is 0.0656. The van der Waals surface area contributed by atoms with Crippen LogP contribution < -0.4 is 5.32 Å². The lowest BCUT2D eigenvalue weighted by atomic mass is 10.2. The van der Waals surface area contributed by atoms with Gasteiger partial charge in [-0.15, -0.1) is 0 Å². The van der Waals surface area contributed by atoms with E-state index in [1.54, 1.807) is 27.7 Å². The van der Waals surface area contributed by atoms with Gasteiger partial charge >= 0.3 is 11.7 Å². The van der Waals surface area contributed by atoms with Gasteiger partial charge in [0.05, 0.1) is 4.92 Å². The van der Waals surface area contributed by atoms with Crippen molar-refractivity contribution in [2.45, 2.75) is 33.3 Å². The zero-order valence-electron chi connectivity index (χ0n) is 11.4. The fourth-order valence-corrected chi connectivity index (χ4v) is 1.44. The second-order valence-corrected chi connectivity index (χ2v) is 5.02. The highest BCUT2D eigenvalue weighted by Gasteiger charge is 2.20. The third-order valence-corrected chi connectivity index (χ3v) is 2.13. The molecule has 0 saturated heterocycles. The Bertz CT molecular complexity index is 494. The number of rotatable bonds is 4. The molecule has 0 aliphatic heterocycles. The summed E-state index contributed by atoms with van der Waals surface area (Å²) in [4.78, 5) is 25.8. The van der Waals surface area contributed by atoms with Gasteiger partial charge in [0.2, 0.25) is 5.82 Å². The van der Waals surface area contributed by atoms with Crippen LogP contribution in [0.4, 0.5) is 11.5 Å². The number of hydrogen-bond donors (Lipinski definition) is 1. The van der Waals surface area contributed by atoms with E-state index in [2.05, 4.69) is 10.3 Å². The van der Waals surface area contributed by atoms with Gasteiger partial charge in [0.1, 0.15) is 12.1 Å². The Morgan fingerprint density at radius 3 is 2.68 bits per heavy atom. The summed E-state index contributed by atoms with van der Waals surface area (Å²) in [6.07, 6.45) is 1.44. The zero-order chi connectivity index (χ0) is 14.6. The van der Waals surface area contributed by atoms with Gasteiger partial charge in [-0.25, -0.2) is 4.98 Å². The molecule has 104 valence electrons. The standard InChI is InChI=1S/C12H17N3O4/c1-8-5-6-13-11(10(8)15(17)18)14-7-9(16)19-12(2,3)4/h5-6H,7H2,1-4H3,(H,13,14). The molecule has 1 heterocycles. The second-order valence-electron chi connectivity index (χ2n) is 5.02. The molecule has 0 radical (unpaired) electrons. The SMILES string of the molecule is Cc1ccnc(NCC(=O)OC(C)(C)C)c1[N+](=O)[O-]. The van der Waals surface area contributed by atoms with Gasteiger partial charge in [0.25, 0.3) is 0 Å². The predicted molar refractivity (Wildman–Crippen MR) is 70.0 cm³/mol. The van der Waals surface area contributed by atoms with Crippen molar-refractivity contribution in [3.63, 3.8) is 0 Å². The Balaban J connectivity index is 2.76. The minimum Gasteiger partial charge on any atom is -0.459 e. The van der Waals surface area contributed by atoms with E-state index in [1.165, 1.54) is 12.3 Å². The van der Waals surface area contributed by atoms with Crippen molar-refractivity contribution in [1.29, 1.82) is 0 Å². The molecule has 0 aliphatic carbocycles. The summed E-state index contributed by atoms with van der Waals surface area (Å²) < 4.78 is 5.09. The minimum atomic E-state index is -0.593. The number of hydrogen-bond acceptors (Lipinski definition) is 6. The van der Waals surface area contributed by atoms with Crippen LogP contribution in [0, 0.1) is 17.0 Å². The lowest BCUT2D eigenvalue weighted by molar-refractivity contribution is -0.384. The average molecular weight is 267 g/mol. The predicted octanol–water partition coefficient (Wildman–Crippen LogP) is 2.05. The fourth-order valence-electron chi connectivity index (χ4n) is 1.44. The quantitative estimate of drug-likeness (QED) is 0.509. The first-order valence-electron chi connectivity index (χ1n) is 5.76. The summed E-state index contributed by atoms with van der Waals surface area (Å²) in [6.45, 7) is 6.68. The third-order valence-electron chi connectivity index (χ3n) is 2.13. The number of nitrogens with zero attached hydrogens (tertiary/aromatic N) is 2. The van der Waals surface area contributed by atoms with Crippen LogP contribution in [0.1, 0.15) is 26.3 Å². The van der Waals surface area contributed by atoms with E-state index in [0.29, 0.717) is 5.56 Å². The van der Waals surface area contributed by atoms with Crippen LogP contribution in [0.3, 0.4) is 0 Å². The molecule has 0 saturated carbocycles. The molecule has 0 unspecified atom stereocenters. The highest BCUT2D eigenvalue weighted by atomic mass is 16.6. The molecule has 7 heteroatoms. The number of pyridine rings is 1. The molecule has 0 bridgehead atoms. The number of anilines is 1. The Morgan fingerprint density at radius 2 is 2.16 bits per heavy atom. The molecule has 0 aliphatic rings.